The van der Waals surface area contributed by atoms with Crippen LogP contribution >= 0.6 is 23.2 Å². The van der Waals surface area contributed by atoms with Gasteiger partial charge in [0.15, 0.2) is 0 Å². The maximum Gasteiger partial charge on any atom is 0.236 e. The van der Waals surface area contributed by atoms with Crippen molar-refractivity contribution in [3.63, 3.8) is 0 Å². The van der Waals surface area contributed by atoms with Gasteiger partial charge in [0.2, 0.25) is 5.91 Å². The van der Waals surface area contributed by atoms with E-state index in [1.807, 2.05) is 12.1 Å². The molecule has 2 saturated heterocycles. The molecule has 0 unspecified atom stereocenters. The van der Waals surface area contributed by atoms with Crippen LogP contribution in [0.15, 0.2) is 18.2 Å². The van der Waals surface area contributed by atoms with Crippen LogP contribution in [0.25, 0.3) is 0 Å². The lowest BCUT2D eigenvalue weighted by atomic mass is 10.2. The summed E-state index contributed by atoms with van der Waals surface area (Å²) >= 11 is 12.3. The molecule has 28 heavy (non-hydrogen) atoms. The first-order valence-electron chi connectivity index (χ1n) is 10.5. The molecule has 0 atom stereocenters. The molecule has 1 aliphatic carbocycles. The summed E-state index contributed by atoms with van der Waals surface area (Å²) in [5.74, 6) is 0.283. The van der Waals surface area contributed by atoms with E-state index in [4.69, 9.17) is 23.2 Å². The average Bonchev–Trinajstić information content (AvgIpc) is 3.23. The van der Waals surface area contributed by atoms with Gasteiger partial charge in [-0.2, -0.15) is 0 Å². The molecule has 3 aliphatic rings. The molecular formula is C21H30Cl2N4O. The SMILES string of the molecule is O=C(CN1CCN(c2cc(Cl)cc(Cl)c2)CC1)N1CCN(C2CCCC2)CC1. The first-order valence-corrected chi connectivity index (χ1v) is 11.3. The Morgan fingerprint density at radius 3 is 2.07 bits per heavy atom. The molecular weight excluding hydrogens is 395 g/mol. The van der Waals surface area contributed by atoms with Crippen LogP contribution < -0.4 is 4.90 Å². The first kappa shape index (κ1) is 20.3. The third kappa shape index (κ3) is 4.93. The number of rotatable bonds is 4. The zero-order chi connectivity index (χ0) is 19.5. The second-order valence-electron chi connectivity index (χ2n) is 8.25. The molecule has 0 N–H and O–H groups in total. The molecule has 154 valence electrons. The molecule has 2 aliphatic heterocycles. The Bertz CT molecular complexity index is 659. The van der Waals surface area contributed by atoms with Gasteiger partial charge >= 0.3 is 0 Å². The van der Waals surface area contributed by atoms with Crippen LogP contribution in [0.5, 0.6) is 0 Å². The average molecular weight is 425 g/mol. The maximum atomic E-state index is 12.8. The van der Waals surface area contributed by atoms with Crippen molar-refractivity contribution in [1.82, 2.24) is 14.7 Å². The highest BCUT2D eigenvalue weighted by Gasteiger charge is 2.29. The maximum absolute atomic E-state index is 12.8. The van der Waals surface area contributed by atoms with Crippen LogP contribution in [-0.4, -0.2) is 85.6 Å². The fourth-order valence-corrected chi connectivity index (χ4v) is 5.30. The van der Waals surface area contributed by atoms with Crippen LogP contribution in [0, 0.1) is 0 Å². The van der Waals surface area contributed by atoms with Gasteiger partial charge in [-0.3, -0.25) is 14.6 Å². The lowest BCUT2D eigenvalue weighted by Crippen LogP contribution is -2.55. The number of hydrogen-bond acceptors (Lipinski definition) is 4. The fourth-order valence-electron chi connectivity index (χ4n) is 4.78. The molecule has 1 amide bonds. The molecule has 0 bridgehead atoms. The molecule has 0 spiro atoms. The van der Waals surface area contributed by atoms with E-state index >= 15 is 0 Å². The Kier molecular flexibility index (Phi) is 6.66. The van der Waals surface area contributed by atoms with Gasteiger partial charge in [0, 0.05) is 74.1 Å². The molecule has 4 rings (SSSR count). The summed E-state index contributed by atoms with van der Waals surface area (Å²) in [5.41, 5.74) is 1.06. The van der Waals surface area contributed by atoms with E-state index in [0.29, 0.717) is 16.6 Å². The number of hydrogen-bond donors (Lipinski definition) is 0. The predicted octanol–water partition coefficient (Wildman–Crippen LogP) is 3.20. The van der Waals surface area contributed by atoms with Crippen LogP contribution in [0.4, 0.5) is 5.69 Å². The minimum Gasteiger partial charge on any atom is -0.369 e. The number of amides is 1. The van der Waals surface area contributed by atoms with Crippen molar-refractivity contribution >= 4 is 34.8 Å². The lowest BCUT2D eigenvalue weighted by molar-refractivity contribution is -0.134. The molecule has 1 saturated carbocycles. The second-order valence-corrected chi connectivity index (χ2v) is 9.12. The first-order chi connectivity index (χ1) is 13.6. The number of anilines is 1. The van der Waals surface area contributed by atoms with Crippen molar-refractivity contribution in [3.05, 3.63) is 28.2 Å². The van der Waals surface area contributed by atoms with Crippen molar-refractivity contribution in [1.29, 1.82) is 0 Å². The van der Waals surface area contributed by atoms with E-state index in [9.17, 15) is 4.79 Å². The molecule has 1 aromatic rings. The smallest absolute Gasteiger partial charge is 0.236 e. The monoisotopic (exact) mass is 424 g/mol. The molecule has 5 nitrogen and oxygen atoms in total. The molecule has 2 heterocycles. The summed E-state index contributed by atoms with van der Waals surface area (Å²) in [6.07, 6.45) is 5.43. The van der Waals surface area contributed by atoms with Gasteiger partial charge in [0.25, 0.3) is 0 Å². The van der Waals surface area contributed by atoms with E-state index in [-0.39, 0.29) is 5.91 Å². The minimum absolute atomic E-state index is 0.283. The molecule has 0 aromatic heterocycles. The summed E-state index contributed by atoms with van der Waals surface area (Å²) in [5, 5.41) is 1.33. The summed E-state index contributed by atoms with van der Waals surface area (Å²) in [4.78, 5) is 22.0. The van der Waals surface area contributed by atoms with Crippen molar-refractivity contribution in [2.24, 2.45) is 0 Å². The van der Waals surface area contributed by atoms with Crippen molar-refractivity contribution in [3.8, 4) is 0 Å². The predicted molar refractivity (Wildman–Crippen MR) is 116 cm³/mol. The fraction of sp³-hybridized carbons (Fsp3) is 0.667. The van der Waals surface area contributed by atoms with Gasteiger partial charge in [-0.25, -0.2) is 0 Å². The van der Waals surface area contributed by atoms with E-state index in [1.54, 1.807) is 6.07 Å². The summed E-state index contributed by atoms with van der Waals surface area (Å²) in [6.45, 7) is 7.94. The van der Waals surface area contributed by atoms with E-state index in [1.165, 1.54) is 25.7 Å². The Balaban J connectivity index is 1.22. The number of carbonyl (C=O) groups is 1. The standard InChI is InChI=1S/C21H30Cl2N4O/c22-17-13-18(23)15-20(14-17)26-7-5-24(6-8-26)16-21(28)27-11-9-25(10-12-27)19-3-1-2-4-19/h13-15,19H,1-12,16H2. The lowest BCUT2D eigenvalue weighted by Gasteiger charge is -2.40. The van der Waals surface area contributed by atoms with Gasteiger partial charge in [-0.05, 0) is 31.0 Å². The van der Waals surface area contributed by atoms with Crippen LogP contribution in [0.1, 0.15) is 25.7 Å². The van der Waals surface area contributed by atoms with Crippen LogP contribution in [0.2, 0.25) is 10.0 Å². The zero-order valence-corrected chi connectivity index (χ0v) is 18.0. The van der Waals surface area contributed by atoms with Gasteiger partial charge in [-0.15, -0.1) is 0 Å². The van der Waals surface area contributed by atoms with Crippen LogP contribution in [-0.2, 0) is 4.79 Å². The van der Waals surface area contributed by atoms with Gasteiger partial charge < -0.3 is 9.80 Å². The zero-order valence-electron chi connectivity index (χ0n) is 16.5. The highest BCUT2D eigenvalue weighted by molar-refractivity contribution is 6.35. The molecule has 0 radical (unpaired) electrons. The number of benzene rings is 1. The van der Waals surface area contributed by atoms with Gasteiger partial charge in [0.05, 0.1) is 6.54 Å². The van der Waals surface area contributed by atoms with Crippen molar-refractivity contribution in [2.75, 3.05) is 63.8 Å². The second kappa shape index (κ2) is 9.21. The number of halogens is 2. The Morgan fingerprint density at radius 1 is 0.857 bits per heavy atom. The topological polar surface area (TPSA) is 30.0 Å². The number of nitrogens with zero attached hydrogens (tertiary/aromatic N) is 4. The molecule has 3 fully saturated rings. The molecule has 7 heteroatoms. The highest BCUT2D eigenvalue weighted by atomic mass is 35.5. The highest BCUT2D eigenvalue weighted by Crippen LogP contribution is 2.26. The van der Waals surface area contributed by atoms with E-state index in [2.05, 4.69) is 19.6 Å². The number of piperazine rings is 2. The van der Waals surface area contributed by atoms with Crippen LogP contribution in [0.3, 0.4) is 0 Å². The van der Waals surface area contributed by atoms with Gasteiger partial charge in [-0.1, -0.05) is 36.0 Å². The minimum atomic E-state index is 0.283. The summed E-state index contributed by atoms with van der Waals surface area (Å²) in [6, 6.07) is 6.44. The number of carbonyl (C=O) groups excluding carboxylic acids is 1. The largest absolute Gasteiger partial charge is 0.369 e. The Labute approximate surface area is 178 Å². The van der Waals surface area contributed by atoms with E-state index < -0.39 is 0 Å². The summed E-state index contributed by atoms with van der Waals surface area (Å²) in [7, 11) is 0. The Hall–Kier alpha value is -1.01. The van der Waals surface area contributed by atoms with Gasteiger partial charge in [0.1, 0.15) is 0 Å². The Morgan fingerprint density at radius 2 is 1.46 bits per heavy atom. The quantitative estimate of drug-likeness (QED) is 0.741. The van der Waals surface area contributed by atoms with Crippen molar-refractivity contribution < 1.29 is 4.79 Å². The molecule has 1 aromatic carbocycles. The third-order valence-corrected chi connectivity index (χ3v) is 6.89. The third-order valence-electron chi connectivity index (χ3n) is 6.45. The van der Waals surface area contributed by atoms with Crippen molar-refractivity contribution in [2.45, 2.75) is 31.7 Å². The normalized spacial score (nSPS) is 22.8. The van der Waals surface area contributed by atoms with E-state index in [0.717, 1.165) is 64.1 Å². The summed E-state index contributed by atoms with van der Waals surface area (Å²) < 4.78 is 0.